The van der Waals surface area contributed by atoms with E-state index in [9.17, 15) is 14.4 Å². The summed E-state index contributed by atoms with van der Waals surface area (Å²) in [7, 11) is 0. The highest BCUT2D eigenvalue weighted by Gasteiger charge is 2.25. The molecule has 0 spiro atoms. The number of rotatable bonds is 7. The molecule has 2 aromatic rings. The topological polar surface area (TPSA) is 81.7 Å². The lowest BCUT2D eigenvalue weighted by molar-refractivity contribution is -0.118. The van der Waals surface area contributed by atoms with Gasteiger partial charge in [0.1, 0.15) is 10.8 Å². The number of ketones is 1. The molecule has 0 radical (unpaired) electrons. The summed E-state index contributed by atoms with van der Waals surface area (Å²) in [6, 6.07) is 7.31. The van der Waals surface area contributed by atoms with Gasteiger partial charge in [-0.05, 0) is 45.4 Å². The van der Waals surface area contributed by atoms with Gasteiger partial charge in [0.05, 0.1) is 17.0 Å². The maximum atomic E-state index is 12.2. The van der Waals surface area contributed by atoms with Crippen molar-refractivity contribution in [1.82, 2.24) is 0 Å². The maximum Gasteiger partial charge on any atom is 0.341 e. The summed E-state index contributed by atoms with van der Waals surface area (Å²) in [6.45, 7) is 6.72. The van der Waals surface area contributed by atoms with Crippen LogP contribution in [0.2, 0.25) is 0 Å². The molecule has 2 rings (SSSR count). The van der Waals surface area contributed by atoms with E-state index < -0.39 is 11.9 Å². The molecule has 7 heteroatoms. The van der Waals surface area contributed by atoms with Crippen molar-refractivity contribution in [3.63, 3.8) is 0 Å². The van der Waals surface area contributed by atoms with Crippen molar-refractivity contribution in [2.24, 2.45) is 0 Å². The highest BCUT2D eigenvalue weighted by molar-refractivity contribution is 7.18. The molecular formula is C19H21NO5S. The van der Waals surface area contributed by atoms with E-state index >= 15 is 0 Å². The zero-order chi connectivity index (χ0) is 19.3. The number of Topliss-reactive ketones (excluding diaryl/α,β-unsaturated/α-hetero) is 1. The number of anilines is 1. The lowest BCUT2D eigenvalue weighted by Crippen LogP contribution is -2.21. The molecule has 0 fully saturated rings. The number of benzene rings is 1. The third-order valence-electron chi connectivity index (χ3n) is 3.59. The summed E-state index contributed by atoms with van der Waals surface area (Å²) < 4.78 is 10.5. The van der Waals surface area contributed by atoms with E-state index in [1.54, 1.807) is 26.0 Å². The molecule has 0 aliphatic carbocycles. The summed E-state index contributed by atoms with van der Waals surface area (Å²) in [6.07, 6.45) is 0. The number of aryl methyl sites for hydroxylation is 1. The largest absolute Gasteiger partial charge is 0.484 e. The number of carbonyl (C=O) groups excluding carboxylic acids is 3. The first kappa shape index (κ1) is 19.7. The molecule has 1 aromatic carbocycles. The van der Waals surface area contributed by atoms with E-state index in [1.165, 1.54) is 6.92 Å². The second-order valence-corrected chi connectivity index (χ2v) is 6.71. The minimum atomic E-state index is -0.566. The van der Waals surface area contributed by atoms with Crippen molar-refractivity contribution < 1.29 is 23.9 Å². The van der Waals surface area contributed by atoms with Crippen LogP contribution < -0.4 is 10.1 Å². The molecule has 0 bridgehead atoms. The van der Waals surface area contributed by atoms with Gasteiger partial charge in [0, 0.05) is 0 Å². The zero-order valence-electron chi connectivity index (χ0n) is 15.2. The van der Waals surface area contributed by atoms with Crippen LogP contribution in [0.15, 0.2) is 24.3 Å². The van der Waals surface area contributed by atoms with E-state index in [4.69, 9.17) is 9.47 Å². The van der Waals surface area contributed by atoms with E-state index in [0.29, 0.717) is 21.2 Å². The number of amides is 1. The highest BCUT2D eigenvalue weighted by Crippen LogP contribution is 2.34. The second kappa shape index (κ2) is 8.62. The predicted octanol–water partition coefficient (Wildman–Crippen LogP) is 3.76. The monoisotopic (exact) mass is 375 g/mol. The molecule has 1 amide bonds. The fraction of sp³-hybridized carbons (Fsp3) is 0.316. The van der Waals surface area contributed by atoms with Gasteiger partial charge in [0.25, 0.3) is 5.91 Å². The summed E-state index contributed by atoms with van der Waals surface area (Å²) in [4.78, 5) is 36.6. The molecule has 138 valence electrons. The van der Waals surface area contributed by atoms with Crippen molar-refractivity contribution >= 4 is 34.0 Å². The van der Waals surface area contributed by atoms with Gasteiger partial charge in [0.15, 0.2) is 12.4 Å². The summed E-state index contributed by atoms with van der Waals surface area (Å²) in [5, 5.41) is 2.94. The summed E-state index contributed by atoms with van der Waals surface area (Å²) in [5.74, 6) is -0.589. The third-order valence-corrected chi connectivity index (χ3v) is 4.90. The molecule has 1 N–H and O–H groups in total. The highest BCUT2D eigenvalue weighted by atomic mass is 32.1. The van der Waals surface area contributed by atoms with Crippen LogP contribution in [0.3, 0.4) is 0 Å². The van der Waals surface area contributed by atoms with Crippen LogP contribution in [-0.2, 0) is 9.53 Å². The molecule has 0 saturated carbocycles. The number of hydrogen-bond acceptors (Lipinski definition) is 6. The minimum Gasteiger partial charge on any atom is -0.484 e. The Hall–Kier alpha value is -2.67. The molecule has 0 aliphatic rings. The standard InChI is InChI=1S/C19H21NO5S/c1-5-24-19(23)16-12(3)17(13(4)21)26-18(16)20-15(22)10-25-14-8-6-11(2)7-9-14/h6-9H,5,10H2,1-4H3,(H,20,22). The van der Waals surface area contributed by atoms with Crippen molar-refractivity contribution in [2.75, 3.05) is 18.5 Å². The fourth-order valence-electron chi connectivity index (χ4n) is 2.33. The number of carbonyl (C=O) groups is 3. The average molecular weight is 375 g/mol. The number of ether oxygens (including phenoxy) is 2. The first-order valence-corrected chi connectivity index (χ1v) is 8.95. The van der Waals surface area contributed by atoms with Gasteiger partial charge in [-0.2, -0.15) is 0 Å². The molecular weight excluding hydrogens is 354 g/mol. The molecule has 0 atom stereocenters. The number of nitrogens with one attached hydrogen (secondary N) is 1. The summed E-state index contributed by atoms with van der Waals surface area (Å²) in [5.41, 5.74) is 1.81. The van der Waals surface area contributed by atoms with Gasteiger partial charge >= 0.3 is 5.97 Å². The Bertz CT molecular complexity index is 823. The van der Waals surface area contributed by atoms with Gasteiger partial charge in [-0.25, -0.2) is 4.79 Å². The molecule has 6 nitrogen and oxygen atoms in total. The quantitative estimate of drug-likeness (QED) is 0.589. The summed E-state index contributed by atoms with van der Waals surface area (Å²) >= 11 is 1.06. The van der Waals surface area contributed by atoms with Crippen LogP contribution in [0, 0.1) is 13.8 Å². The molecule has 0 aliphatic heterocycles. The zero-order valence-corrected chi connectivity index (χ0v) is 16.0. The molecule has 1 heterocycles. The van der Waals surface area contributed by atoms with Crippen LogP contribution in [0.5, 0.6) is 5.75 Å². The normalized spacial score (nSPS) is 10.3. The average Bonchev–Trinajstić information content (AvgIpc) is 2.91. The molecule has 0 saturated heterocycles. The van der Waals surface area contributed by atoms with Gasteiger partial charge in [-0.15, -0.1) is 11.3 Å². The Morgan fingerprint density at radius 1 is 1.12 bits per heavy atom. The number of esters is 1. The van der Waals surface area contributed by atoms with Gasteiger partial charge in [-0.1, -0.05) is 17.7 Å². The van der Waals surface area contributed by atoms with E-state index in [-0.39, 0.29) is 24.6 Å². The van der Waals surface area contributed by atoms with E-state index in [1.807, 2.05) is 19.1 Å². The van der Waals surface area contributed by atoms with Gasteiger partial charge in [-0.3, -0.25) is 9.59 Å². The van der Waals surface area contributed by atoms with E-state index in [2.05, 4.69) is 5.32 Å². The second-order valence-electron chi connectivity index (χ2n) is 5.69. The van der Waals surface area contributed by atoms with Crippen LogP contribution in [-0.4, -0.2) is 30.9 Å². The minimum absolute atomic E-state index is 0.172. The number of thiophene rings is 1. The van der Waals surface area contributed by atoms with Crippen molar-refractivity contribution in [1.29, 1.82) is 0 Å². The van der Waals surface area contributed by atoms with Crippen molar-refractivity contribution in [3.8, 4) is 5.75 Å². The van der Waals surface area contributed by atoms with Gasteiger partial charge < -0.3 is 14.8 Å². The first-order valence-electron chi connectivity index (χ1n) is 8.14. The smallest absolute Gasteiger partial charge is 0.341 e. The molecule has 1 aromatic heterocycles. The maximum absolute atomic E-state index is 12.2. The van der Waals surface area contributed by atoms with Crippen LogP contribution >= 0.6 is 11.3 Å². The Morgan fingerprint density at radius 2 is 1.77 bits per heavy atom. The van der Waals surface area contributed by atoms with Crippen LogP contribution in [0.1, 0.15) is 45.0 Å². The van der Waals surface area contributed by atoms with Gasteiger partial charge in [0.2, 0.25) is 0 Å². The first-order chi connectivity index (χ1) is 12.3. The van der Waals surface area contributed by atoms with E-state index in [0.717, 1.165) is 16.9 Å². The molecule has 26 heavy (non-hydrogen) atoms. The third kappa shape index (κ3) is 4.70. The van der Waals surface area contributed by atoms with Crippen molar-refractivity contribution in [3.05, 3.63) is 45.8 Å². The number of hydrogen-bond donors (Lipinski definition) is 1. The Kier molecular flexibility index (Phi) is 6.52. The SMILES string of the molecule is CCOC(=O)c1c(NC(=O)COc2ccc(C)cc2)sc(C(C)=O)c1C. The Morgan fingerprint density at radius 3 is 2.35 bits per heavy atom. The lowest BCUT2D eigenvalue weighted by Gasteiger charge is -2.08. The van der Waals surface area contributed by atoms with Crippen molar-refractivity contribution in [2.45, 2.75) is 27.7 Å². The fourth-order valence-corrected chi connectivity index (χ4v) is 3.44. The lowest BCUT2D eigenvalue weighted by atomic mass is 10.1. The predicted molar refractivity (Wildman–Crippen MR) is 100 cm³/mol. The van der Waals surface area contributed by atoms with Crippen LogP contribution in [0.25, 0.3) is 0 Å². The Labute approximate surface area is 156 Å². The molecule has 0 unspecified atom stereocenters. The van der Waals surface area contributed by atoms with Crippen LogP contribution in [0.4, 0.5) is 5.00 Å². The Balaban J connectivity index is 2.15.